The summed E-state index contributed by atoms with van der Waals surface area (Å²) in [5, 5.41) is 11.0. The summed E-state index contributed by atoms with van der Waals surface area (Å²) in [5.41, 5.74) is -0.287. The first-order chi connectivity index (χ1) is 6.76. The number of hydrogen-bond donors (Lipinski definition) is 0. The fourth-order valence-corrected chi connectivity index (χ4v) is 1.68. The molecular weight excluding hydrogens is 180 g/mol. The lowest BCUT2D eigenvalue weighted by atomic mass is 9.81. The van der Waals surface area contributed by atoms with Gasteiger partial charge in [0.1, 0.15) is 0 Å². The Kier molecular flexibility index (Phi) is 4.33. The van der Waals surface area contributed by atoms with Crippen molar-refractivity contribution in [3.05, 3.63) is 0 Å². The molecule has 0 aromatic carbocycles. The molecule has 1 heterocycles. The van der Waals surface area contributed by atoms with Gasteiger partial charge in [0.2, 0.25) is 0 Å². The normalized spacial score (nSPS) is 21.8. The van der Waals surface area contributed by atoms with Crippen LogP contribution in [0.1, 0.15) is 19.8 Å². The smallest absolute Gasteiger partial charge is 0.0832 e. The number of rotatable bonds is 4. The fourth-order valence-electron chi connectivity index (χ4n) is 1.68. The molecule has 14 heavy (non-hydrogen) atoms. The monoisotopic (exact) mass is 198 g/mol. The van der Waals surface area contributed by atoms with Gasteiger partial charge in [-0.05, 0) is 19.8 Å². The predicted octanol–water partition coefficient (Wildman–Crippen LogP) is 1.19. The van der Waals surface area contributed by atoms with E-state index in [9.17, 15) is 0 Å². The molecule has 1 aliphatic rings. The molecule has 0 bridgehead atoms. The van der Waals surface area contributed by atoms with Crippen LogP contribution in [0.25, 0.3) is 0 Å². The first-order valence-electron chi connectivity index (χ1n) is 5.04. The molecule has 0 aromatic rings. The molecule has 1 fully saturated rings. The molecule has 0 unspecified atom stereocenters. The average molecular weight is 198 g/mol. The zero-order valence-electron chi connectivity index (χ0n) is 8.95. The molecule has 4 nitrogen and oxygen atoms in total. The summed E-state index contributed by atoms with van der Waals surface area (Å²) in [6.45, 7) is 4.82. The Morgan fingerprint density at radius 1 is 1.43 bits per heavy atom. The lowest BCUT2D eigenvalue weighted by Crippen LogP contribution is -2.41. The van der Waals surface area contributed by atoms with Gasteiger partial charge in [0.15, 0.2) is 0 Å². The van der Waals surface area contributed by atoms with E-state index in [1.165, 1.54) is 0 Å². The number of nitriles is 1. The van der Waals surface area contributed by atoms with Gasteiger partial charge in [-0.25, -0.2) is 0 Å². The highest BCUT2D eigenvalue weighted by molar-refractivity contribution is 5.01. The van der Waals surface area contributed by atoms with E-state index in [-0.39, 0.29) is 5.41 Å². The van der Waals surface area contributed by atoms with Gasteiger partial charge in [0.25, 0.3) is 0 Å². The number of hydroxylamine groups is 2. The van der Waals surface area contributed by atoms with Crippen molar-refractivity contribution in [2.45, 2.75) is 19.8 Å². The maximum absolute atomic E-state index is 9.14. The summed E-state index contributed by atoms with van der Waals surface area (Å²) < 4.78 is 5.35. The van der Waals surface area contributed by atoms with E-state index in [1.807, 2.05) is 12.0 Å². The van der Waals surface area contributed by atoms with Crippen molar-refractivity contribution >= 4 is 0 Å². The molecule has 80 valence electrons. The van der Waals surface area contributed by atoms with E-state index in [0.717, 1.165) is 25.9 Å². The average Bonchev–Trinajstić information content (AvgIpc) is 2.27. The van der Waals surface area contributed by atoms with Crippen LogP contribution in [0.15, 0.2) is 0 Å². The van der Waals surface area contributed by atoms with Gasteiger partial charge in [-0.15, -0.1) is 0 Å². The molecular formula is C10H18N2O2. The van der Waals surface area contributed by atoms with Crippen molar-refractivity contribution in [3.8, 4) is 6.07 Å². The molecule has 0 N–H and O–H groups in total. The van der Waals surface area contributed by atoms with Crippen LogP contribution in [0.5, 0.6) is 0 Å². The van der Waals surface area contributed by atoms with Crippen LogP contribution in [0.4, 0.5) is 0 Å². The van der Waals surface area contributed by atoms with E-state index in [4.69, 9.17) is 14.8 Å². The Labute approximate surface area is 85.4 Å². The third kappa shape index (κ3) is 2.68. The van der Waals surface area contributed by atoms with Gasteiger partial charge in [-0.1, -0.05) is 0 Å². The summed E-state index contributed by atoms with van der Waals surface area (Å²) in [5.74, 6) is 0. The quantitative estimate of drug-likeness (QED) is 0.680. The number of ether oxygens (including phenoxy) is 1. The van der Waals surface area contributed by atoms with E-state index in [1.54, 1.807) is 7.11 Å². The topological polar surface area (TPSA) is 45.5 Å². The number of piperidine rings is 1. The Balaban J connectivity index is 2.45. The summed E-state index contributed by atoms with van der Waals surface area (Å²) in [4.78, 5) is 5.12. The maximum Gasteiger partial charge on any atom is 0.0832 e. The van der Waals surface area contributed by atoms with Crippen LogP contribution in [0.2, 0.25) is 0 Å². The van der Waals surface area contributed by atoms with Gasteiger partial charge in [-0.2, -0.15) is 10.3 Å². The second kappa shape index (κ2) is 5.30. The third-order valence-corrected chi connectivity index (χ3v) is 2.76. The molecule has 0 saturated carbocycles. The van der Waals surface area contributed by atoms with E-state index >= 15 is 0 Å². The standard InChI is InChI=1S/C10H18N2O2/c1-3-14-9-10(8-11)4-6-12(13-2)7-5-10/h3-7,9H2,1-2H3. The minimum absolute atomic E-state index is 0.287. The summed E-state index contributed by atoms with van der Waals surface area (Å²) in [6.07, 6.45) is 1.66. The van der Waals surface area contributed by atoms with E-state index < -0.39 is 0 Å². The van der Waals surface area contributed by atoms with Gasteiger partial charge < -0.3 is 9.57 Å². The molecule has 0 amide bonds. The highest BCUT2D eigenvalue weighted by Crippen LogP contribution is 2.30. The molecule has 4 heteroatoms. The van der Waals surface area contributed by atoms with E-state index in [0.29, 0.717) is 13.2 Å². The fraction of sp³-hybridized carbons (Fsp3) is 0.900. The predicted molar refractivity (Wildman–Crippen MR) is 52.4 cm³/mol. The van der Waals surface area contributed by atoms with Crippen LogP contribution >= 0.6 is 0 Å². The first kappa shape index (κ1) is 11.4. The molecule has 1 saturated heterocycles. The second-order valence-corrected chi connectivity index (χ2v) is 3.64. The summed E-state index contributed by atoms with van der Waals surface area (Å²) in [6, 6.07) is 2.39. The van der Waals surface area contributed by atoms with Crippen LogP contribution in [-0.2, 0) is 9.57 Å². The third-order valence-electron chi connectivity index (χ3n) is 2.76. The lowest BCUT2D eigenvalue weighted by Gasteiger charge is -2.35. The minimum Gasteiger partial charge on any atom is -0.380 e. The Hall–Kier alpha value is -0.630. The highest BCUT2D eigenvalue weighted by atomic mass is 16.7. The zero-order valence-corrected chi connectivity index (χ0v) is 8.95. The van der Waals surface area contributed by atoms with Crippen molar-refractivity contribution in [1.29, 1.82) is 5.26 Å². The Morgan fingerprint density at radius 2 is 2.07 bits per heavy atom. The van der Waals surface area contributed by atoms with Crippen LogP contribution in [-0.4, -0.2) is 38.5 Å². The maximum atomic E-state index is 9.14. The minimum atomic E-state index is -0.287. The summed E-state index contributed by atoms with van der Waals surface area (Å²) >= 11 is 0. The molecule has 1 aliphatic heterocycles. The van der Waals surface area contributed by atoms with Crippen LogP contribution in [0, 0.1) is 16.7 Å². The SMILES string of the molecule is CCOCC1(C#N)CCN(OC)CC1. The molecule has 0 radical (unpaired) electrons. The Bertz CT molecular complexity index is 205. The molecule has 0 aliphatic carbocycles. The highest BCUT2D eigenvalue weighted by Gasteiger charge is 2.35. The second-order valence-electron chi connectivity index (χ2n) is 3.64. The van der Waals surface area contributed by atoms with Crippen LogP contribution in [0.3, 0.4) is 0 Å². The van der Waals surface area contributed by atoms with E-state index in [2.05, 4.69) is 6.07 Å². The van der Waals surface area contributed by atoms with Crippen molar-refractivity contribution in [1.82, 2.24) is 5.06 Å². The molecule has 0 spiro atoms. The molecule has 0 aromatic heterocycles. The largest absolute Gasteiger partial charge is 0.380 e. The molecule has 1 rings (SSSR count). The zero-order chi connectivity index (χ0) is 10.4. The van der Waals surface area contributed by atoms with Gasteiger partial charge in [0.05, 0.1) is 25.2 Å². The van der Waals surface area contributed by atoms with Crippen molar-refractivity contribution in [2.75, 3.05) is 33.4 Å². The number of hydrogen-bond acceptors (Lipinski definition) is 4. The number of nitrogens with zero attached hydrogens (tertiary/aromatic N) is 2. The first-order valence-corrected chi connectivity index (χ1v) is 5.04. The Morgan fingerprint density at radius 3 is 2.50 bits per heavy atom. The summed E-state index contributed by atoms with van der Waals surface area (Å²) in [7, 11) is 1.67. The van der Waals surface area contributed by atoms with Crippen molar-refractivity contribution < 1.29 is 9.57 Å². The van der Waals surface area contributed by atoms with Gasteiger partial charge >= 0.3 is 0 Å². The van der Waals surface area contributed by atoms with Gasteiger partial charge in [0, 0.05) is 19.7 Å². The van der Waals surface area contributed by atoms with Crippen molar-refractivity contribution in [2.24, 2.45) is 5.41 Å². The molecule has 0 atom stereocenters. The van der Waals surface area contributed by atoms with Gasteiger partial charge in [-0.3, -0.25) is 0 Å². The van der Waals surface area contributed by atoms with Crippen molar-refractivity contribution in [3.63, 3.8) is 0 Å². The lowest BCUT2D eigenvalue weighted by molar-refractivity contribution is -0.158. The van der Waals surface area contributed by atoms with Crippen LogP contribution < -0.4 is 0 Å².